The maximum atomic E-state index is 8.99. The van der Waals surface area contributed by atoms with Crippen LogP contribution in [-0.4, -0.2) is 5.11 Å². The van der Waals surface area contributed by atoms with Crippen LogP contribution in [0.5, 0.6) is 0 Å². The van der Waals surface area contributed by atoms with E-state index in [1.54, 1.807) is 0 Å². The summed E-state index contributed by atoms with van der Waals surface area (Å²) >= 11 is 0. The molecule has 2 rings (SSSR count). The summed E-state index contributed by atoms with van der Waals surface area (Å²) in [6, 6.07) is 15.5. The van der Waals surface area contributed by atoms with Crippen LogP contribution < -0.4 is 11.1 Å². The lowest BCUT2D eigenvalue weighted by Gasteiger charge is -2.09. The fraction of sp³-hybridized carbons (Fsp3) is 0.188. The number of nitrogen functional groups attached to an aromatic ring is 1. The molecular formula is C16H17N3O. The van der Waals surface area contributed by atoms with Crippen LogP contribution in [0, 0.1) is 11.3 Å². The summed E-state index contributed by atoms with van der Waals surface area (Å²) in [5.74, 6) is 0. The van der Waals surface area contributed by atoms with Gasteiger partial charge in [-0.3, -0.25) is 0 Å². The molecule has 102 valence electrons. The van der Waals surface area contributed by atoms with Crippen molar-refractivity contribution >= 4 is 11.4 Å². The minimum Gasteiger partial charge on any atom is -0.398 e. The molecule has 0 aliphatic heterocycles. The summed E-state index contributed by atoms with van der Waals surface area (Å²) in [4.78, 5) is 0. The van der Waals surface area contributed by atoms with Gasteiger partial charge in [-0.2, -0.15) is 5.26 Å². The minimum absolute atomic E-state index is 0.0587. The van der Waals surface area contributed by atoms with Crippen molar-refractivity contribution < 1.29 is 5.11 Å². The standard InChI is InChI=1S/C16H17N3O/c17-8-7-14-9-15(5-6-16(14)18)19-10-12-1-3-13(11-20)4-2-12/h1-6,9,19-20H,7,10-11,18H2. The number of hydrogen-bond donors (Lipinski definition) is 3. The lowest BCUT2D eigenvalue weighted by atomic mass is 10.1. The molecule has 4 N–H and O–H groups in total. The first-order valence-electron chi connectivity index (χ1n) is 6.41. The van der Waals surface area contributed by atoms with Gasteiger partial charge in [0.1, 0.15) is 0 Å². The van der Waals surface area contributed by atoms with E-state index in [9.17, 15) is 0 Å². The molecule has 0 saturated carbocycles. The van der Waals surface area contributed by atoms with E-state index in [2.05, 4.69) is 11.4 Å². The van der Waals surface area contributed by atoms with Gasteiger partial charge in [-0.1, -0.05) is 24.3 Å². The number of nitrogens with two attached hydrogens (primary N) is 1. The van der Waals surface area contributed by atoms with Crippen molar-refractivity contribution in [2.24, 2.45) is 0 Å². The normalized spacial score (nSPS) is 10.0. The first kappa shape index (κ1) is 13.9. The number of aliphatic hydroxyl groups is 1. The highest BCUT2D eigenvalue weighted by molar-refractivity contribution is 5.58. The molecule has 0 fully saturated rings. The van der Waals surface area contributed by atoms with E-state index >= 15 is 0 Å². The summed E-state index contributed by atoms with van der Waals surface area (Å²) in [5.41, 5.74) is 10.3. The number of benzene rings is 2. The Hall–Kier alpha value is -2.51. The molecule has 0 bridgehead atoms. The number of rotatable bonds is 5. The lowest BCUT2D eigenvalue weighted by molar-refractivity contribution is 0.282. The Kier molecular flexibility index (Phi) is 4.59. The maximum absolute atomic E-state index is 8.99. The highest BCUT2D eigenvalue weighted by atomic mass is 16.3. The Morgan fingerprint density at radius 1 is 1.10 bits per heavy atom. The van der Waals surface area contributed by atoms with E-state index in [0.29, 0.717) is 18.7 Å². The van der Waals surface area contributed by atoms with E-state index in [-0.39, 0.29) is 6.61 Å². The van der Waals surface area contributed by atoms with E-state index in [4.69, 9.17) is 16.1 Å². The van der Waals surface area contributed by atoms with Gasteiger partial charge in [0.2, 0.25) is 0 Å². The fourth-order valence-electron chi connectivity index (χ4n) is 1.92. The first-order valence-corrected chi connectivity index (χ1v) is 6.41. The van der Waals surface area contributed by atoms with Gasteiger partial charge in [0.15, 0.2) is 0 Å². The van der Waals surface area contributed by atoms with Gasteiger partial charge in [-0.25, -0.2) is 0 Å². The van der Waals surface area contributed by atoms with Gasteiger partial charge in [0.25, 0.3) is 0 Å². The van der Waals surface area contributed by atoms with Crippen LogP contribution in [0.4, 0.5) is 11.4 Å². The Morgan fingerprint density at radius 2 is 1.80 bits per heavy atom. The summed E-state index contributed by atoms with van der Waals surface area (Å²) in [6.45, 7) is 0.741. The highest BCUT2D eigenvalue weighted by Gasteiger charge is 2.01. The average molecular weight is 267 g/mol. The van der Waals surface area contributed by atoms with Crippen molar-refractivity contribution in [2.75, 3.05) is 11.1 Å². The molecule has 0 aliphatic carbocycles. The largest absolute Gasteiger partial charge is 0.398 e. The number of aliphatic hydroxyl groups excluding tert-OH is 1. The second kappa shape index (κ2) is 6.60. The van der Waals surface area contributed by atoms with Crippen molar-refractivity contribution in [2.45, 2.75) is 19.6 Å². The molecule has 0 radical (unpaired) electrons. The lowest BCUT2D eigenvalue weighted by Crippen LogP contribution is -2.01. The van der Waals surface area contributed by atoms with Gasteiger partial charge in [-0.15, -0.1) is 0 Å². The van der Waals surface area contributed by atoms with Gasteiger partial charge >= 0.3 is 0 Å². The third-order valence-corrected chi connectivity index (χ3v) is 3.11. The number of nitrogens with zero attached hydrogens (tertiary/aromatic N) is 1. The number of nitrogens with one attached hydrogen (secondary N) is 1. The summed E-state index contributed by atoms with van der Waals surface area (Å²) < 4.78 is 0. The zero-order chi connectivity index (χ0) is 14.4. The molecule has 2 aromatic carbocycles. The number of anilines is 2. The van der Waals surface area contributed by atoms with Crippen molar-refractivity contribution in [3.8, 4) is 6.07 Å². The van der Waals surface area contributed by atoms with Crippen molar-refractivity contribution in [3.63, 3.8) is 0 Å². The molecule has 0 aromatic heterocycles. The topological polar surface area (TPSA) is 82.1 Å². The van der Waals surface area contributed by atoms with Crippen LogP contribution in [-0.2, 0) is 19.6 Å². The Bertz CT molecular complexity index is 615. The predicted octanol–water partition coefficient (Wildman–Crippen LogP) is 2.44. The Balaban J connectivity index is 2.03. The average Bonchev–Trinajstić information content (AvgIpc) is 2.49. The molecule has 0 aliphatic rings. The fourth-order valence-corrected chi connectivity index (χ4v) is 1.92. The summed E-state index contributed by atoms with van der Waals surface area (Å²) in [7, 11) is 0. The Labute approximate surface area is 118 Å². The third kappa shape index (κ3) is 3.50. The molecule has 0 spiro atoms. The van der Waals surface area contributed by atoms with E-state index in [1.165, 1.54) is 0 Å². The van der Waals surface area contributed by atoms with Crippen LogP contribution in [0.2, 0.25) is 0 Å². The van der Waals surface area contributed by atoms with Crippen molar-refractivity contribution in [1.29, 1.82) is 5.26 Å². The predicted molar refractivity (Wildman–Crippen MR) is 79.9 cm³/mol. The monoisotopic (exact) mass is 267 g/mol. The molecule has 20 heavy (non-hydrogen) atoms. The van der Waals surface area contributed by atoms with Crippen molar-refractivity contribution in [1.82, 2.24) is 0 Å². The molecule has 4 heteroatoms. The first-order chi connectivity index (χ1) is 9.72. The molecular weight excluding hydrogens is 250 g/mol. The minimum atomic E-state index is 0.0587. The molecule has 0 heterocycles. The zero-order valence-corrected chi connectivity index (χ0v) is 11.1. The van der Waals surface area contributed by atoms with E-state index in [0.717, 1.165) is 22.4 Å². The van der Waals surface area contributed by atoms with Crippen LogP contribution in [0.1, 0.15) is 16.7 Å². The Morgan fingerprint density at radius 3 is 2.45 bits per heavy atom. The summed E-state index contributed by atoms with van der Waals surface area (Å²) in [5, 5.41) is 21.0. The third-order valence-electron chi connectivity index (χ3n) is 3.11. The molecule has 0 atom stereocenters. The van der Waals surface area contributed by atoms with Crippen LogP contribution in [0.25, 0.3) is 0 Å². The highest BCUT2D eigenvalue weighted by Crippen LogP contribution is 2.19. The van der Waals surface area contributed by atoms with Gasteiger partial charge in [-0.05, 0) is 34.9 Å². The smallest absolute Gasteiger partial charge is 0.0681 e. The second-order valence-corrected chi connectivity index (χ2v) is 4.58. The number of nitriles is 1. The van der Waals surface area contributed by atoms with Gasteiger partial charge in [0, 0.05) is 17.9 Å². The quantitative estimate of drug-likeness (QED) is 0.727. The molecule has 0 saturated heterocycles. The van der Waals surface area contributed by atoms with Crippen LogP contribution in [0.15, 0.2) is 42.5 Å². The van der Waals surface area contributed by atoms with Gasteiger partial charge < -0.3 is 16.2 Å². The summed E-state index contributed by atoms with van der Waals surface area (Å²) in [6.07, 6.45) is 0.312. The zero-order valence-electron chi connectivity index (χ0n) is 11.1. The molecule has 0 amide bonds. The SMILES string of the molecule is N#CCc1cc(NCc2ccc(CO)cc2)ccc1N. The molecule has 2 aromatic rings. The van der Waals surface area contributed by atoms with E-state index in [1.807, 2.05) is 42.5 Å². The maximum Gasteiger partial charge on any atom is 0.0681 e. The molecule has 0 unspecified atom stereocenters. The van der Waals surface area contributed by atoms with Crippen LogP contribution in [0.3, 0.4) is 0 Å². The van der Waals surface area contributed by atoms with Crippen LogP contribution >= 0.6 is 0 Å². The number of hydrogen-bond acceptors (Lipinski definition) is 4. The van der Waals surface area contributed by atoms with Crippen molar-refractivity contribution in [3.05, 3.63) is 59.2 Å². The molecule has 4 nitrogen and oxygen atoms in total. The van der Waals surface area contributed by atoms with Gasteiger partial charge in [0.05, 0.1) is 19.1 Å². The second-order valence-electron chi connectivity index (χ2n) is 4.58. The van der Waals surface area contributed by atoms with E-state index < -0.39 is 0 Å².